The number of nitrogens with two attached hydrogens (primary N) is 1. The minimum Gasteiger partial charge on any atom is -0.457 e. The molecule has 0 aromatic heterocycles. The van der Waals surface area contributed by atoms with E-state index in [1.54, 1.807) is 24.3 Å². The number of aliphatic hydroxyl groups is 2. The van der Waals surface area contributed by atoms with Crippen LogP contribution in [-0.2, 0) is 19.1 Å². The molecule has 7 rings (SSSR count). The Morgan fingerprint density at radius 1 is 1.14 bits per heavy atom. The van der Waals surface area contributed by atoms with Crippen LogP contribution in [0.5, 0.6) is 11.5 Å². The third-order valence-electron chi connectivity index (χ3n) is 11.0. The van der Waals surface area contributed by atoms with E-state index < -0.39 is 47.3 Å². The molecule has 8 heteroatoms. The molecule has 9 atom stereocenters. The number of ether oxygens (including phenoxy) is 3. The van der Waals surface area contributed by atoms with Gasteiger partial charge in [-0.3, -0.25) is 9.59 Å². The number of aliphatic hydroxyl groups excluding tert-OH is 2. The number of rotatable bonds is 5. The van der Waals surface area contributed by atoms with Crippen LogP contribution < -0.4 is 10.5 Å². The van der Waals surface area contributed by atoms with Crippen LogP contribution in [-0.4, -0.2) is 46.2 Å². The molecular weight excluding hydrogens is 534 g/mol. The van der Waals surface area contributed by atoms with Crippen molar-refractivity contribution in [2.24, 2.45) is 28.6 Å². The lowest BCUT2D eigenvalue weighted by atomic mass is 9.46. The van der Waals surface area contributed by atoms with Gasteiger partial charge in [-0.05, 0) is 73.9 Å². The highest BCUT2D eigenvalue weighted by Gasteiger charge is 2.75. The van der Waals surface area contributed by atoms with Gasteiger partial charge in [0.1, 0.15) is 18.1 Å². The second-order valence-corrected chi connectivity index (χ2v) is 13.1. The second-order valence-electron chi connectivity index (χ2n) is 13.1. The summed E-state index contributed by atoms with van der Waals surface area (Å²) in [6.07, 6.45) is 5.69. The highest BCUT2D eigenvalue weighted by molar-refractivity contribution is 6.01. The molecule has 0 radical (unpaired) electrons. The molecule has 0 amide bonds. The van der Waals surface area contributed by atoms with E-state index in [1.807, 2.05) is 49.4 Å². The molecule has 1 heterocycles. The molecule has 4 fully saturated rings. The van der Waals surface area contributed by atoms with E-state index in [9.17, 15) is 19.8 Å². The summed E-state index contributed by atoms with van der Waals surface area (Å²) < 4.78 is 19.3. The number of fused-ring (bicyclic) bond motifs is 7. The zero-order valence-electron chi connectivity index (χ0n) is 23.9. The summed E-state index contributed by atoms with van der Waals surface area (Å²) in [5.41, 5.74) is 5.69. The normalized spacial score (nSPS) is 40.0. The number of hydrogen-bond acceptors (Lipinski definition) is 8. The standard InChI is InChI=1S/C34H37NO7/c1-32-12-11-22(37)14-20(32)9-10-25-26-16-29-34(28(39)18-36,33(26,2)17-27(38)30(25)32)42-31(41-29)19-5-3-7-23(13-19)40-24-8-4-6-21(35)15-24/h3-8,11-15,25-27,29-31,36,38H,9-10,16-18,35H2,1-2H3/t25-,26-,27-,29+,30+,31+,32-,33-,34+/m0/s1. The summed E-state index contributed by atoms with van der Waals surface area (Å²) in [4.78, 5) is 25.9. The van der Waals surface area contributed by atoms with Crippen LogP contribution in [0.4, 0.5) is 5.69 Å². The number of allylic oxidation sites excluding steroid dienone is 4. The molecule has 1 aliphatic heterocycles. The largest absolute Gasteiger partial charge is 0.457 e. The maximum atomic E-state index is 13.8. The van der Waals surface area contributed by atoms with Crippen molar-refractivity contribution in [1.29, 1.82) is 0 Å². The third-order valence-corrected chi connectivity index (χ3v) is 11.0. The molecule has 0 bridgehead atoms. The number of hydrogen-bond donors (Lipinski definition) is 3. The molecule has 2 aromatic rings. The first kappa shape index (κ1) is 27.5. The minimum absolute atomic E-state index is 0.00540. The predicted octanol–water partition coefficient (Wildman–Crippen LogP) is 4.66. The molecule has 0 spiro atoms. The Morgan fingerprint density at radius 2 is 1.90 bits per heavy atom. The Bertz CT molecular complexity index is 1520. The van der Waals surface area contributed by atoms with Gasteiger partial charge in [0.25, 0.3) is 0 Å². The fourth-order valence-electron chi connectivity index (χ4n) is 9.27. The SMILES string of the molecule is C[C@]12C=CC(=O)C=C1CC[C@@H]1[C@@H]2[C@@H](O)C[C@@]2(C)[C@H]1C[C@H]1O[C@@H](c3cccc(Oc4cccc(N)c4)c3)O[C@]12C(=O)CO. The summed E-state index contributed by atoms with van der Waals surface area (Å²) in [6, 6.07) is 14.5. The van der Waals surface area contributed by atoms with Crippen LogP contribution in [0.3, 0.4) is 0 Å². The molecule has 5 aliphatic rings. The maximum Gasteiger partial charge on any atom is 0.193 e. The lowest BCUT2D eigenvalue weighted by molar-refractivity contribution is -0.201. The van der Waals surface area contributed by atoms with Crippen molar-refractivity contribution >= 4 is 17.3 Å². The van der Waals surface area contributed by atoms with Crippen LogP contribution in [0.1, 0.15) is 51.4 Å². The Morgan fingerprint density at radius 3 is 2.67 bits per heavy atom. The van der Waals surface area contributed by atoms with Gasteiger partial charge in [0.2, 0.25) is 0 Å². The lowest BCUT2D eigenvalue weighted by Crippen LogP contribution is -2.63. The van der Waals surface area contributed by atoms with Crippen LogP contribution in [0.15, 0.2) is 72.3 Å². The zero-order valence-corrected chi connectivity index (χ0v) is 23.9. The van der Waals surface area contributed by atoms with Gasteiger partial charge in [-0.25, -0.2) is 0 Å². The van der Waals surface area contributed by atoms with Crippen molar-refractivity contribution in [2.45, 2.75) is 63.6 Å². The van der Waals surface area contributed by atoms with Crippen molar-refractivity contribution in [2.75, 3.05) is 12.3 Å². The van der Waals surface area contributed by atoms with Gasteiger partial charge in [-0.2, -0.15) is 0 Å². The highest BCUT2D eigenvalue weighted by atomic mass is 16.7. The van der Waals surface area contributed by atoms with Crippen molar-refractivity contribution < 1.29 is 34.0 Å². The van der Waals surface area contributed by atoms with Gasteiger partial charge in [0.05, 0.1) is 12.2 Å². The second kappa shape index (κ2) is 9.61. The Kier molecular flexibility index (Phi) is 6.30. The molecule has 220 valence electrons. The zero-order chi connectivity index (χ0) is 29.4. The molecule has 3 saturated carbocycles. The monoisotopic (exact) mass is 571 g/mol. The topological polar surface area (TPSA) is 128 Å². The van der Waals surface area contributed by atoms with Crippen LogP contribution in [0.25, 0.3) is 0 Å². The molecular formula is C34H37NO7. The van der Waals surface area contributed by atoms with Gasteiger partial charge >= 0.3 is 0 Å². The smallest absolute Gasteiger partial charge is 0.193 e. The summed E-state index contributed by atoms with van der Waals surface area (Å²) >= 11 is 0. The summed E-state index contributed by atoms with van der Waals surface area (Å²) in [5, 5.41) is 22.0. The van der Waals surface area contributed by atoms with E-state index in [2.05, 4.69) is 6.92 Å². The van der Waals surface area contributed by atoms with Gasteiger partial charge in [0, 0.05) is 34.1 Å². The van der Waals surface area contributed by atoms with E-state index >= 15 is 0 Å². The lowest BCUT2D eigenvalue weighted by Gasteiger charge is -2.59. The minimum atomic E-state index is -1.40. The Labute approximate surface area is 245 Å². The first-order valence-electron chi connectivity index (χ1n) is 14.8. The fraction of sp³-hybridized carbons (Fsp3) is 0.471. The van der Waals surface area contributed by atoms with E-state index in [1.165, 1.54) is 0 Å². The first-order valence-corrected chi connectivity index (χ1v) is 14.8. The number of carbonyl (C=O) groups excluding carboxylic acids is 2. The number of anilines is 1. The fourth-order valence-corrected chi connectivity index (χ4v) is 9.27. The molecule has 4 aliphatic carbocycles. The average Bonchev–Trinajstić information content (AvgIpc) is 3.46. The van der Waals surface area contributed by atoms with E-state index in [0.29, 0.717) is 35.6 Å². The third kappa shape index (κ3) is 3.82. The number of nitrogen functional groups attached to an aromatic ring is 1. The quantitative estimate of drug-likeness (QED) is 0.442. The van der Waals surface area contributed by atoms with Crippen molar-refractivity contribution in [3.05, 3.63) is 77.9 Å². The van der Waals surface area contributed by atoms with Gasteiger partial charge in [-0.15, -0.1) is 0 Å². The van der Waals surface area contributed by atoms with Crippen LogP contribution >= 0.6 is 0 Å². The van der Waals surface area contributed by atoms with Gasteiger partial charge < -0.3 is 30.2 Å². The van der Waals surface area contributed by atoms with Gasteiger partial charge in [-0.1, -0.05) is 43.7 Å². The van der Waals surface area contributed by atoms with E-state index in [4.69, 9.17) is 19.9 Å². The predicted molar refractivity (Wildman–Crippen MR) is 154 cm³/mol. The van der Waals surface area contributed by atoms with E-state index in [0.717, 1.165) is 18.4 Å². The number of benzene rings is 2. The van der Waals surface area contributed by atoms with Crippen molar-refractivity contribution in [1.82, 2.24) is 0 Å². The molecule has 8 nitrogen and oxygen atoms in total. The number of ketones is 2. The number of Topliss-reactive ketones (excluding diaryl/α,β-unsaturated/α-hetero) is 1. The summed E-state index contributed by atoms with van der Waals surface area (Å²) in [6.45, 7) is 3.48. The molecule has 1 saturated heterocycles. The maximum absolute atomic E-state index is 13.8. The summed E-state index contributed by atoms with van der Waals surface area (Å²) in [5.74, 6) is 0.808. The first-order chi connectivity index (χ1) is 20.1. The van der Waals surface area contributed by atoms with Crippen LogP contribution in [0, 0.1) is 28.6 Å². The summed E-state index contributed by atoms with van der Waals surface area (Å²) in [7, 11) is 0. The van der Waals surface area contributed by atoms with Gasteiger partial charge in [0.15, 0.2) is 23.5 Å². The molecule has 2 aromatic carbocycles. The molecule has 4 N–H and O–H groups in total. The van der Waals surface area contributed by atoms with Crippen LogP contribution in [0.2, 0.25) is 0 Å². The Balaban J connectivity index is 1.21. The number of carbonyl (C=O) groups is 2. The van der Waals surface area contributed by atoms with Crippen molar-refractivity contribution in [3.63, 3.8) is 0 Å². The average molecular weight is 572 g/mol. The molecule has 42 heavy (non-hydrogen) atoms. The molecule has 0 unspecified atom stereocenters. The van der Waals surface area contributed by atoms with Crippen molar-refractivity contribution in [3.8, 4) is 11.5 Å². The van der Waals surface area contributed by atoms with E-state index in [-0.39, 0.29) is 23.5 Å². The highest BCUT2D eigenvalue weighted by Crippen LogP contribution is 2.70. The Hall–Kier alpha value is -3.30.